The molecule has 2 aliphatic carbocycles. The van der Waals surface area contributed by atoms with Crippen LogP contribution >= 0.6 is 0 Å². The van der Waals surface area contributed by atoms with Crippen LogP contribution in [-0.4, -0.2) is 23.3 Å². The number of carbonyl (C=O) groups excluding carboxylic acids is 2. The SMILES string of the molecule is NC(=O)C1CCCC(=C2C3CCCC2C3)N1C=O. The van der Waals surface area contributed by atoms with Crippen molar-refractivity contribution in [1.29, 1.82) is 0 Å². The minimum absolute atomic E-state index is 0.371. The Hall–Kier alpha value is -1.32. The standard InChI is InChI=1S/C14H20N2O2/c15-14(18)12-6-2-5-11(16(12)8-17)13-9-3-1-4-10(13)7-9/h8-10,12H,1-7H2,(H2,15,18). The van der Waals surface area contributed by atoms with Crippen LogP contribution in [0.4, 0.5) is 0 Å². The second-order valence-electron chi connectivity index (χ2n) is 5.79. The minimum atomic E-state index is -0.417. The van der Waals surface area contributed by atoms with Crippen molar-refractivity contribution in [3.05, 3.63) is 11.3 Å². The first-order chi connectivity index (χ1) is 8.72. The summed E-state index contributed by atoms with van der Waals surface area (Å²) >= 11 is 0. The van der Waals surface area contributed by atoms with E-state index in [2.05, 4.69) is 0 Å². The van der Waals surface area contributed by atoms with Crippen molar-refractivity contribution in [2.75, 3.05) is 0 Å². The largest absolute Gasteiger partial charge is 0.368 e. The van der Waals surface area contributed by atoms with E-state index in [1.165, 1.54) is 31.3 Å². The minimum Gasteiger partial charge on any atom is -0.368 e. The number of allylic oxidation sites excluding steroid dienone is 2. The molecule has 2 saturated carbocycles. The van der Waals surface area contributed by atoms with E-state index >= 15 is 0 Å². The number of hydrogen-bond donors (Lipinski definition) is 1. The van der Waals surface area contributed by atoms with Gasteiger partial charge in [-0.3, -0.25) is 9.59 Å². The summed E-state index contributed by atoms with van der Waals surface area (Å²) in [5.74, 6) is 0.977. The van der Waals surface area contributed by atoms with Gasteiger partial charge in [-0.25, -0.2) is 0 Å². The fourth-order valence-electron chi connectivity index (χ4n) is 4.03. The molecular formula is C14H20N2O2. The van der Waals surface area contributed by atoms with Crippen molar-refractivity contribution >= 4 is 12.3 Å². The van der Waals surface area contributed by atoms with Crippen LogP contribution in [-0.2, 0) is 9.59 Å². The summed E-state index contributed by atoms with van der Waals surface area (Å²) in [6.45, 7) is 0. The lowest BCUT2D eigenvalue weighted by Gasteiger charge is -2.48. The Bertz CT molecular complexity index is 400. The van der Waals surface area contributed by atoms with Gasteiger partial charge in [0.15, 0.2) is 0 Å². The smallest absolute Gasteiger partial charge is 0.240 e. The zero-order valence-corrected chi connectivity index (χ0v) is 10.6. The summed E-state index contributed by atoms with van der Waals surface area (Å²) in [6, 6.07) is -0.417. The highest BCUT2D eigenvalue weighted by molar-refractivity contribution is 5.83. The molecule has 4 heteroatoms. The molecule has 0 aromatic heterocycles. The van der Waals surface area contributed by atoms with Crippen molar-refractivity contribution in [2.45, 2.75) is 51.0 Å². The lowest BCUT2D eigenvalue weighted by Crippen LogP contribution is -2.48. The maximum Gasteiger partial charge on any atom is 0.240 e. The third-order valence-corrected chi connectivity index (χ3v) is 4.87. The molecule has 2 amide bonds. The normalized spacial score (nSPS) is 35.1. The highest BCUT2D eigenvalue weighted by Crippen LogP contribution is 2.53. The molecule has 3 fully saturated rings. The molecule has 18 heavy (non-hydrogen) atoms. The fraction of sp³-hybridized carbons (Fsp3) is 0.714. The first-order valence-electron chi connectivity index (χ1n) is 6.98. The number of primary amides is 1. The van der Waals surface area contributed by atoms with E-state index in [4.69, 9.17) is 5.73 Å². The van der Waals surface area contributed by atoms with Crippen LogP contribution in [0.1, 0.15) is 44.9 Å². The maximum absolute atomic E-state index is 11.4. The van der Waals surface area contributed by atoms with Crippen molar-refractivity contribution in [3.63, 3.8) is 0 Å². The summed E-state index contributed by atoms with van der Waals surface area (Å²) in [6.07, 6.45) is 8.53. The molecule has 0 radical (unpaired) electrons. The molecule has 3 rings (SSSR count). The van der Waals surface area contributed by atoms with Crippen molar-refractivity contribution in [3.8, 4) is 0 Å². The van der Waals surface area contributed by atoms with E-state index in [1.807, 2.05) is 0 Å². The van der Waals surface area contributed by atoms with E-state index < -0.39 is 6.04 Å². The van der Waals surface area contributed by atoms with Gasteiger partial charge in [-0.15, -0.1) is 0 Å². The number of fused-ring (bicyclic) bond motifs is 2. The molecule has 0 aromatic rings. The van der Waals surface area contributed by atoms with Gasteiger partial charge in [-0.1, -0.05) is 6.42 Å². The Morgan fingerprint density at radius 3 is 2.50 bits per heavy atom. The molecule has 98 valence electrons. The number of rotatable bonds is 2. The predicted molar refractivity (Wildman–Crippen MR) is 67.2 cm³/mol. The zero-order chi connectivity index (χ0) is 12.7. The monoisotopic (exact) mass is 248 g/mol. The van der Waals surface area contributed by atoms with Crippen molar-refractivity contribution in [1.82, 2.24) is 4.90 Å². The van der Waals surface area contributed by atoms with E-state index in [0.717, 1.165) is 24.9 Å². The molecule has 0 aromatic carbocycles. The summed E-state index contributed by atoms with van der Waals surface area (Å²) in [7, 11) is 0. The molecule has 1 saturated heterocycles. The van der Waals surface area contributed by atoms with Crippen LogP contribution in [0.2, 0.25) is 0 Å². The van der Waals surface area contributed by atoms with Gasteiger partial charge in [0, 0.05) is 5.70 Å². The Kier molecular flexibility index (Phi) is 2.88. The topological polar surface area (TPSA) is 63.4 Å². The molecule has 1 heterocycles. The molecule has 3 unspecified atom stereocenters. The van der Waals surface area contributed by atoms with Crippen LogP contribution < -0.4 is 5.73 Å². The van der Waals surface area contributed by atoms with Crippen LogP contribution in [0.15, 0.2) is 11.3 Å². The Labute approximate surface area is 107 Å². The van der Waals surface area contributed by atoms with Crippen LogP contribution in [0, 0.1) is 11.8 Å². The third kappa shape index (κ3) is 1.66. The van der Waals surface area contributed by atoms with Crippen LogP contribution in [0.25, 0.3) is 0 Å². The number of nitrogens with two attached hydrogens (primary N) is 1. The summed E-state index contributed by atoms with van der Waals surface area (Å²) in [5, 5.41) is 0. The molecular weight excluding hydrogens is 228 g/mol. The number of hydrogen-bond acceptors (Lipinski definition) is 2. The lowest BCUT2D eigenvalue weighted by molar-refractivity contribution is -0.130. The molecule has 4 nitrogen and oxygen atoms in total. The fourth-order valence-corrected chi connectivity index (χ4v) is 4.03. The molecule has 3 aliphatic rings. The van der Waals surface area contributed by atoms with Crippen LogP contribution in [0.5, 0.6) is 0 Å². The number of likely N-dealkylation sites (tertiary alicyclic amines) is 1. The highest BCUT2D eigenvalue weighted by atomic mass is 16.2. The number of amides is 2. The predicted octanol–water partition coefficient (Wildman–Crippen LogP) is 1.56. The molecule has 2 bridgehead atoms. The first-order valence-corrected chi connectivity index (χ1v) is 6.98. The third-order valence-electron chi connectivity index (χ3n) is 4.87. The Morgan fingerprint density at radius 2 is 1.94 bits per heavy atom. The number of carbonyl (C=O) groups is 2. The zero-order valence-electron chi connectivity index (χ0n) is 10.6. The van der Waals surface area contributed by atoms with E-state index in [1.54, 1.807) is 4.90 Å². The van der Waals surface area contributed by atoms with Gasteiger partial charge in [0.25, 0.3) is 0 Å². The average Bonchev–Trinajstić information content (AvgIpc) is 2.39. The van der Waals surface area contributed by atoms with E-state index in [-0.39, 0.29) is 5.91 Å². The summed E-state index contributed by atoms with van der Waals surface area (Å²) in [5.41, 5.74) is 8.01. The summed E-state index contributed by atoms with van der Waals surface area (Å²) < 4.78 is 0. The van der Waals surface area contributed by atoms with Crippen molar-refractivity contribution < 1.29 is 9.59 Å². The van der Waals surface area contributed by atoms with Gasteiger partial charge in [0.05, 0.1) is 0 Å². The Morgan fingerprint density at radius 1 is 1.22 bits per heavy atom. The maximum atomic E-state index is 11.4. The number of piperidine rings is 1. The second kappa shape index (κ2) is 4.41. The quantitative estimate of drug-likeness (QED) is 0.754. The molecule has 2 N–H and O–H groups in total. The van der Waals surface area contributed by atoms with Gasteiger partial charge in [-0.2, -0.15) is 0 Å². The number of nitrogens with zero attached hydrogens (tertiary/aromatic N) is 1. The first kappa shape index (κ1) is 11.8. The van der Waals surface area contributed by atoms with E-state index in [0.29, 0.717) is 18.3 Å². The molecule has 0 spiro atoms. The van der Waals surface area contributed by atoms with Gasteiger partial charge < -0.3 is 10.6 Å². The lowest BCUT2D eigenvalue weighted by atomic mass is 9.60. The molecule has 1 aliphatic heterocycles. The second-order valence-corrected chi connectivity index (χ2v) is 5.79. The van der Waals surface area contributed by atoms with Crippen LogP contribution in [0.3, 0.4) is 0 Å². The average molecular weight is 248 g/mol. The van der Waals surface area contributed by atoms with Gasteiger partial charge in [-0.05, 0) is 55.9 Å². The molecule has 3 atom stereocenters. The van der Waals surface area contributed by atoms with Gasteiger partial charge >= 0.3 is 0 Å². The Balaban J connectivity index is 1.93. The van der Waals surface area contributed by atoms with E-state index in [9.17, 15) is 9.59 Å². The van der Waals surface area contributed by atoms with Crippen molar-refractivity contribution in [2.24, 2.45) is 17.6 Å². The highest BCUT2D eigenvalue weighted by Gasteiger charge is 2.43. The van der Waals surface area contributed by atoms with Gasteiger partial charge in [0.2, 0.25) is 12.3 Å². The van der Waals surface area contributed by atoms with Gasteiger partial charge in [0.1, 0.15) is 6.04 Å². The summed E-state index contributed by atoms with van der Waals surface area (Å²) in [4.78, 5) is 24.4.